The van der Waals surface area contributed by atoms with Crippen molar-refractivity contribution in [3.05, 3.63) is 71.6 Å². The number of aromatic carboxylic acids is 1. The van der Waals surface area contributed by atoms with Crippen LogP contribution in [0, 0.1) is 17.1 Å². The van der Waals surface area contributed by atoms with Gasteiger partial charge in [-0.15, -0.1) is 6.58 Å². The van der Waals surface area contributed by atoms with E-state index in [1.54, 1.807) is 30.3 Å². The minimum absolute atomic E-state index is 0.0363. The first-order valence-corrected chi connectivity index (χ1v) is 6.74. The van der Waals surface area contributed by atoms with Gasteiger partial charge in [-0.05, 0) is 47.7 Å². The van der Waals surface area contributed by atoms with E-state index in [1.807, 2.05) is 0 Å². The molecule has 110 valence electrons. The maximum Gasteiger partial charge on any atom is 0.335 e. The Morgan fingerprint density at radius 3 is 2.73 bits per heavy atom. The molecular weight excluding hydrogens is 281 g/mol. The average Bonchev–Trinajstić information content (AvgIpc) is 2.52. The predicted molar refractivity (Wildman–Crippen MR) is 82.0 cm³/mol. The number of halogens is 1. The zero-order chi connectivity index (χ0) is 16.1. The van der Waals surface area contributed by atoms with Crippen LogP contribution < -0.4 is 0 Å². The Morgan fingerprint density at radius 2 is 2.14 bits per heavy atom. The van der Waals surface area contributed by atoms with Crippen LogP contribution >= 0.6 is 0 Å². The van der Waals surface area contributed by atoms with Crippen LogP contribution in [0.3, 0.4) is 0 Å². The second-order valence-corrected chi connectivity index (χ2v) is 4.77. The number of carboxylic acids is 1. The van der Waals surface area contributed by atoms with Gasteiger partial charge in [-0.2, -0.15) is 5.26 Å². The fourth-order valence-electron chi connectivity index (χ4n) is 2.35. The molecule has 0 atom stereocenters. The van der Waals surface area contributed by atoms with Crippen molar-refractivity contribution < 1.29 is 14.3 Å². The molecule has 2 aromatic carbocycles. The number of hydrogen-bond acceptors (Lipinski definition) is 2. The van der Waals surface area contributed by atoms with Crippen LogP contribution in [0.15, 0.2) is 49.1 Å². The first-order chi connectivity index (χ1) is 10.6. The predicted octanol–water partition coefficient (Wildman–Crippen LogP) is 4.18. The number of hydrogen-bond donors (Lipinski definition) is 1. The van der Waals surface area contributed by atoms with Gasteiger partial charge >= 0.3 is 5.97 Å². The lowest BCUT2D eigenvalue weighted by Crippen LogP contribution is -2.04. The molecule has 22 heavy (non-hydrogen) atoms. The Kier molecular flexibility index (Phi) is 4.70. The van der Waals surface area contributed by atoms with Crippen molar-refractivity contribution in [1.82, 2.24) is 0 Å². The zero-order valence-corrected chi connectivity index (χ0v) is 11.8. The third kappa shape index (κ3) is 3.04. The molecule has 2 aromatic rings. The summed E-state index contributed by atoms with van der Waals surface area (Å²) in [6, 6.07) is 11.0. The molecule has 0 saturated carbocycles. The molecular formula is C18H14FNO2. The van der Waals surface area contributed by atoms with E-state index in [-0.39, 0.29) is 11.1 Å². The van der Waals surface area contributed by atoms with Crippen LogP contribution in [0.4, 0.5) is 4.39 Å². The molecule has 1 N–H and O–H groups in total. The second-order valence-electron chi connectivity index (χ2n) is 4.77. The highest BCUT2D eigenvalue weighted by molar-refractivity contribution is 5.92. The Hall–Kier alpha value is -2.93. The lowest BCUT2D eigenvalue weighted by Gasteiger charge is -2.12. The number of nitriles is 1. The molecule has 0 aliphatic heterocycles. The van der Waals surface area contributed by atoms with Crippen LogP contribution in [0.1, 0.15) is 27.9 Å². The molecule has 0 spiro atoms. The maximum atomic E-state index is 13.8. The number of carbonyl (C=O) groups is 1. The van der Waals surface area contributed by atoms with Crippen molar-refractivity contribution in [3.8, 4) is 17.2 Å². The van der Waals surface area contributed by atoms with Crippen molar-refractivity contribution in [2.75, 3.05) is 0 Å². The Morgan fingerprint density at radius 1 is 1.36 bits per heavy atom. The minimum atomic E-state index is -1.02. The van der Waals surface area contributed by atoms with Crippen molar-refractivity contribution >= 4 is 5.97 Å². The zero-order valence-electron chi connectivity index (χ0n) is 11.8. The molecule has 0 aliphatic rings. The van der Waals surface area contributed by atoms with Crippen molar-refractivity contribution in [2.24, 2.45) is 0 Å². The van der Waals surface area contributed by atoms with Crippen LogP contribution in [0.2, 0.25) is 0 Å². The lowest BCUT2D eigenvalue weighted by atomic mass is 9.92. The number of carboxylic acid groups (broad SMARTS) is 1. The lowest BCUT2D eigenvalue weighted by molar-refractivity contribution is 0.0695. The van der Waals surface area contributed by atoms with Gasteiger partial charge in [-0.25, -0.2) is 9.18 Å². The van der Waals surface area contributed by atoms with E-state index < -0.39 is 11.8 Å². The van der Waals surface area contributed by atoms with Crippen LogP contribution in [-0.4, -0.2) is 11.1 Å². The fourth-order valence-corrected chi connectivity index (χ4v) is 2.35. The molecule has 0 radical (unpaired) electrons. The Balaban J connectivity index is 2.61. The summed E-state index contributed by atoms with van der Waals surface area (Å²) < 4.78 is 13.8. The van der Waals surface area contributed by atoms with E-state index in [0.717, 1.165) is 0 Å². The molecule has 3 nitrogen and oxygen atoms in total. The van der Waals surface area contributed by atoms with Gasteiger partial charge in [-0.3, -0.25) is 0 Å². The average molecular weight is 295 g/mol. The van der Waals surface area contributed by atoms with Crippen molar-refractivity contribution in [3.63, 3.8) is 0 Å². The molecule has 2 rings (SSSR count). The van der Waals surface area contributed by atoms with E-state index in [4.69, 9.17) is 5.26 Å². The molecule has 0 aliphatic carbocycles. The van der Waals surface area contributed by atoms with E-state index in [9.17, 15) is 14.3 Å². The van der Waals surface area contributed by atoms with Crippen LogP contribution in [-0.2, 0) is 6.42 Å². The summed E-state index contributed by atoms with van der Waals surface area (Å²) in [6.07, 6.45) is 2.83. The molecule has 0 amide bonds. The van der Waals surface area contributed by atoms with Gasteiger partial charge in [0.05, 0.1) is 11.1 Å². The van der Waals surface area contributed by atoms with Gasteiger partial charge in [0.25, 0.3) is 0 Å². The minimum Gasteiger partial charge on any atom is -0.478 e. The molecule has 4 heteroatoms. The van der Waals surface area contributed by atoms with Gasteiger partial charge in [-0.1, -0.05) is 24.3 Å². The Bertz CT molecular complexity index is 775. The third-order valence-electron chi connectivity index (χ3n) is 3.41. The van der Waals surface area contributed by atoms with Gasteiger partial charge in [0.15, 0.2) is 0 Å². The van der Waals surface area contributed by atoms with Gasteiger partial charge in [0.2, 0.25) is 0 Å². The number of benzene rings is 2. The summed E-state index contributed by atoms with van der Waals surface area (Å²) in [7, 11) is 0. The summed E-state index contributed by atoms with van der Waals surface area (Å²) >= 11 is 0. The molecule has 0 bridgehead atoms. The maximum absolute atomic E-state index is 13.8. The molecule has 0 heterocycles. The quantitative estimate of drug-likeness (QED) is 0.842. The highest BCUT2D eigenvalue weighted by Gasteiger charge is 2.15. The SMILES string of the molecule is C=CCCc1c(C(=O)O)cccc1-c1ccc(C#N)c(F)c1. The molecule has 0 fully saturated rings. The molecule has 0 saturated heterocycles. The second kappa shape index (κ2) is 6.68. The van der Waals surface area contributed by atoms with E-state index in [2.05, 4.69) is 6.58 Å². The summed E-state index contributed by atoms with van der Waals surface area (Å²) in [4.78, 5) is 11.4. The first kappa shape index (κ1) is 15.5. The molecule has 0 aromatic heterocycles. The van der Waals surface area contributed by atoms with Crippen molar-refractivity contribution in [2.45, 2.75) is 12.8 Å². The number of nitrogens with zero attached hydrogens (tertiary/aromatic N) is 1. The topological polar surface area (TPSA) is 61.1 Å². The van der Waals surface area contributed by atoms with Gasteiger partial charge < -0.3 is 5.11 Å². The summed E-state index contributed by atoms with van der Waals surface area (Å²) in [5, 5.41) is 18.1. The standard InChI is InChI=1S/C18H14FNO2/c1-2-3-5-15-14(6-4-7-16(15)18(21)22)12-8-9-13(11-20)17(19)10-12/h2,4,6-10H,1,3,5H2,(H,21,22). The highest BCUT2D eigenvalue weighted by Crippen LogP contribution is 2.29. The third-order valence-corrected chi connectivity index (χ3v) is 3.41. The van der Waals surface area contributed by atoms with Crippen LogP contribution in [0.25, 0.3) is 11.1 Å². The monoisotopic (exact) mass is 295 g/mol. The van der Waals surface area contributed by atoms with Gasteiger partial charge in [0.1, 0.15) is 11.9 Å². The summed E-state index contributed by atoms with van der Waals surface area (Å²) in [5.74, 6) is -1.63. The number of rotatable bonds is 5. The highest BCUT2D eigenvalue weighted by atomic mass is 19.1. The van der Waals surface area contributed by atoms with Crippen LogP contribution in [0.5, 0.6) is 0 Å². The van der Waals surface area contributed by atoms with E-state index in [1.165, 1.54) is 18.2 Å². The van der Waals surface area contributed by atoms with Crippen molar-refractivity contribution in [1.29, 1.82) is 5.26 Å². The van der Waals surface area contributed by atoms with E-state index >= 15 is 0 Å². The molecule has 0 unspecified atom stereocenters. The van der Waals surface area contributed by atoms with Gasteiger partial charge in [0, 0.05) is 0 Å². The summed E-state index contributed by atoms with van der Waals surface area (Å²) in [6.45, 7) is 3.65. The number of allylic oxidation sites excluding steroid dienone is 1. The summed E-state index contributed by atoms with van der Waals surface area (Å²) in [5.41, 5.74) is 2.01. The Labute approximate surface area is 128 Å². The largest absolute Gasteiger partial charge is 0.478 e. The smallest absolute Gasteiger partial charge is 0.335 e. The normalized spacial score (nSPS) is 10.0. The first-order valence-electron chi connectivity index (χ1n) is 6.74. The fraction of sp³-hybridized carbons (Fsp3) is 0.111. The van der Waals surface area contributed by atoms with E-state index in [0.29, 0.717) is 29.5 Å².